The molecule has 1 aromatic rings. The summed E-state index contributed by atoms with van der Waals surface area (Å²) in [4.78, 5) is 18.4. The van der Waals surface area contributed by atoms with Crippen LogP contribution in [0.4, 0.5) is 0 Å². The van der Waals surface area contributed by atoms with E-state index in [-0.39, 0.29) is 18.6 Å². The van der Waals surface area contributed by atoms with E-state index in [1.165, 1.54) is 0 Å². The van der Waals surface area contributed by atoms with Crippen molar-refractivity contribution in [1.82, 2.24) is 9.88 Å². The lowest BCUT2D eigenvalue weighted by molar-refractivity contribution is 0.0699. The first-order valence-electron chi connectivity index (χ1n) is 6.99. The van der Waals surface area contributed by atoms with Gasteiger partial charge in [0.1, 0.15) is 0 Å². The average molecular weight is 274 g/mol. The average Bonchev–Trinajstić information content (AvgIpc) is 2.48. The summed E-state index contributed by atoms with van der Waals surface area (Å²) in [6.45, 7) is 6.79. The molecule has 1 aromatic heterocycles. The number of aliphatic hydroxyl groups is 1. The maximum atomic E-state index is 12.5. The molecule has 1 amide bonds. The van der Waals surface area contributed by atoms with Crippen LogP contribution in [0.3, 0.4) is 0 Å². The van der Waals surface area contributed by atoms with Crippen molar-refractivity contribution in [3.05, 3.63) is 29.6 Å². The number of hydrogen-bond donors (Lipinski definition) is 1. The molecule has 0 fully saturated rings. The number of amides is 1. The minimum atomic E-state index is -0.0137. The van der Waals surface area contributed by atoms with Gasteiger partial charge in [-0.25, -0.2) is 0 Å². The predicted molar refractivity (Wildman–Crippen MR) is 79.3 cm³/mol. The number of carbonyl (C=O) groups excluding carboxylic acids is 1. The molecule has 1 heterocycles. The molecule has 0 aliphatic heterocycles. The van der Waals surface area contributed by atoms with Crippen LogP contribution < -0.4 is 0 Å². The van der Waals surface area contributed by atoms with E-state index in [1.807, 2.05) is 18.7 Å². The third-order valence-corrected chi connectivity index (χ3v) is 3.18. The number of nitrogens with zero attached hydrogens (tertiary/aromatic N) is 2. The first-order valence-corrected chi connectivity index (χ1v) is 6.99. The zero-order chi connectivity index (χ0) is 15.0. The molecule has 1 unspecified atom stereocenters. The van der Waals surface area contributed by atoms with Crippen LogP contribution in [0.25, 0.3) is 0 Å². The van der Waals surface area contributed by atoms with Crippen LogP contribution in [0.1, 0.15) is 49.5 Å². The third kappa shape index (κ3) is 4.36. The van der Waals surface area contributed by atoms with Gasteiger partial charge in [0.15, 0.2) is 0 Å². The molecule has 4 heteroatoms. The molecule has 0 bridgehead atoms. The van der Waals surface area contributed by atoms with Gasteiger partial charge in [-0.3, -0.25) is 9.78 Å². The van der Waals surface area contributed by atoms with Crippen molar-refractivity contribution in [2.75, 3.05) is 13.2 Å². The highest BCUT2D eigenvalue weighted by Crippen LogP contribution is 2.11. The monoisotopic (exact) mass is 274 g/mol. The summed E-state index contributed by atoms with van der Waals surface area (Å²) in [6.07, 6.45) is 4.54. The van der Waals surface area contributed by atoms with Gasteiger partial charge in [0, 0.05) is 37.0 Å². The molecule has 1 rings (SSSR count). The van der Waals surface area contributed by atoms with Crippen LogP contribution in [0.2, 0.25) is 0 Å². The second kappa shape index (κ2) is 8.34. The van der Waals surface area contributed by atoms with Crippen molar-refractivity contribution in [2.45, 2.75) is 39.7 Å². The van der Waals surface area contributed by atoms with E-state index in [9.17, 15) is 4.79 Å². The molecule has 1 atom stereocenters. The molecule has 0 saturated heterocycles. The Morgan fingerprint density at radius 3 is 2.80 bits per heavy atom. The Morgan fingerprint density at radius 1 is 1.45 bits per heavy atom. The SMILES string of the molecule is CCC(C)N(CC)C(=O)c1cncc(C#CCCO)c1. The van der Waals surface area contributed by atoms with E-state index < -0.39 is 0 Å². The number of carbonyl (C=O) groups is 1. The molecule has 0 saturated carbocycles. The van der Waals surface area contributed by atoms with Crippen LogP contribution in [0, 0.1) is 11.8 Å². The van der Waals surface area contributed by atoms with Crippen LogP contribution in [0.15, 0.2) is 18.5 Å². The second-order valence-corrected chi connectivity index (χ2v) is 4.59. The summed E-state index contributed by atoms with van der Waals surface area (Å²) in [7, 11) is 0. The van der Waals surface area contributed by atoms with Gasteiger partial charge in [0.2, 0.25) is 0 Å². The van der Waals surface area contributed by atoms with E-state index in [0.29, 0.717) is 24.1 Å². The molecule has 0 radical (unpaired) electrons. The topological polar surface area (TPSA) is 53.4 Å². The molecular weight excluding hydrogens is 252 g/mol. The molecule has 4 nitrogen and oxygen atoms in total. The highest BCUT2D eigenvalue weighted by Gasteiger charge is 2.19. The number of aromatic nitrogens is 1. The van der Waals surface area contributed by atoms with Crippen molar-refractivity contribution in [3.8, 4) is 11.8 Å². The lowest BCUT2D eigenvalue weighted by Gasteiger charge is -2.27. The predicted octanol–water partition coefficient (Wildman–Crippen LogP) is 2.08. The maximum absolute atomic E-state index is 12.5. The van der Waals surface area contributed by atoms with Gasteiger partial charge < -0.3 is 10.0 Å². The summed E-state index contributed by atoms with van der Waals surface area (Å²) >= 11 is 0. The molecule has 1 N–H and O–H groups in total. The van der Waals surface area contributed by atoms with Gasteiger partial charge in [-0.2, -0.15) is 0 Å². The van der Waals surface area contributed by atoms with Crippen molar-refractivity contribution < 1.29 is 9.90 Å². The second-order valence-electron chi connectivity index (χ2n) is 4.59. The number of pyridine rings is 1. The van der Waals surface area contributed by atoms with Crippen molar-refractivity contribution in [2.24, 2.45) is 0 Å². The van der Waals surface area contributed by atoms with E-state index in [1.54, 1.807) is 18.5 Å². The summed E-state index contributed by atoms with van der Waals surface area (Å²) < 4.78 is 0. The van der Waals surface area contributed by atoms with Gasteiger partial charge in [-0.05, 0) is 26.3 Å². The Labute approximate surface area is 120 Å². The fourth-order valence-corrected chi connectivity index (χ4v) is 1.89. The Morgan fingerprint density at radius 2 is 2.20 bits per heavy atom. The van der Waals surface area contributed by atoms with Crippen molar-refractivity contribution in [1.29, 1.82) is 0 Å². The van der Waals surface area contributed by atoms with Crippen LogP contribution in [-0.2, 0) is 0 Å². The minimum absolute atomic E-state index is 0.0137. The molecular formula is C16H22N2O2. The zero-order valence-electron chi connectivity index (χ0n) is 12.4. The molecule has 0 spiro atoms. The lowest BCUT2D eigenvalue weighted by atomic mass is 10.1. The third-order valence-electron chi connectivity index (χ3n) is 3.18. The number of rotatable bonds is 5. The minimum Gasteiger partial charge on any atom is -0.395 e. The zero-order valence-corrected chi connectivity index (χ0v) is 12.4. The normalized spacial score (nSPS) is 11.4. The Kier molecular flexibility index (Phi) is 6.75. The van der Waals surface area contributed by atoms with Crippen LogP contribution in [0.5, 0.6) is 0 Å². The Balaban J connectivity index is 2.93. The summed E-state index contributed by atoms with van der Waals surface area (Å²) in [5.74, 6) is 5.71. The molecule has 108 valence electrons. The van der Waals surface area contributed by atoms with Crippen LogP contribution >= 0.6 is 0 Å². The first kappa shape index (κ1) is 16.2. The molecule has 0 aliphatic carbocycles. The Bertz CT molecular complexity index is 503. The highest BCUT2D eigenvalue weighted by atomic mass is 16.2. The van der Waals surface area contributed by atoms with E-state index in [4.69, 9.17) is 5.11 Å². The van der Waals surface area contributed by atoms with Crippen molar-refractivity contribution in [3.63, 3.8) is 0 Å². The largest absolute Gasteiger partial charge is 0.395 e. The smallest absolute Gasteiger partial charge is 0.255 e. The van der Waals surface area contributed by atoms with Crippen LogP contribution in [-0.4, -0.2) is 40.1 Å². The standard InChI is InChI=1S/C16H22N2O2/c1-4-13(3)18(5-2)16(20)15-10-14(11-17-12-15)8-6-7-9-19/h10-13,19H,4-5,7,9H2,1-3H3. The fraction of sp³-hybridized carbons (Fsp3) is 0.500. The van der Waals surface area contributed by atoms with E-state index >= 15 is 0 Å². The van der Waals surface area contributed by atoms with Gasteiger partial charge in [-0.1, -0.05) is 18.8 Å². The highest BCUT2D eigenvalue weighted by molar-refractivity contribution is 5.94. The molecule has 0 aliphatic rings. The molecule has 0 aromatic carbocycles. The quantitative estimate of drug-likeness (QED) is 0.836. The lowest BCUT2D eigenvalue weighted by Crippen LogP contribution is -2.38. The van der Waals surface area contributed by atoms with E-state index in [0.717, 1.165) is 6.42 Å². The first-order chi connectivity index (χ1) is 9.63. The molecule has 20 heavy (non-hydrogen) atoms. The summed E-state index contributed by atoms with van der Waals surface area (Å²) in [5, 5.41) is 8.70. The number of hydrogen-bond acceptors (Lipinski definition) is 3. The summed E-state index contributed by atoms with van der Waals surface area (Å²) in [6, 6.07) is 1.96. The fourth-order valence-electron chi connectivity index (χ4n) is 1.89. The maximum Gasteiger partial charge on any atom is 0.255 e. The van der Waals surface area contributed by atoms with Gasteiger partial charge in [-0.15, -0.1) is 0 Å². The summed E-state index contributed by atoms with van der Waals surface area (Å²) in [5.41, 5.74) is 1.26. The number of aliphatic hydroxyl groups excluding tert-OH is 1. The van der Waals surface area contributed by atoms with Gasteiger partial charge in [0.25, 0.3) is 5.91 Å². The van der Waals surface area contributed by atoms with E-state index in [2.05, 4.69) is 23.7 Å². The van der Waals surface area contributed by atoms with Gasteiger partial charge in [0.05, 0.1) is 12.2 Å². The van der Waals surface area contributed by atoms with Crippen molar-refractivity contribution >= 4 is 5.91 Å². The van der Waals surface area contributed by atoms with Gasteiger partial charge >= 0.3 is 0 Å². The Hall–Kier alpha value is -1.86.